The van der Waals surface area contributed by atoms with Gasteiger partial charge in [0.2, 0.25) is 5.91 Å². The number of rotatable bonds is 6. The summed E-state index contributed by atoms with van der Waals surface area (Å²) in [4.78, 5) is 35.6. The zero-order valence-corrected chi connectivity index (χ0v) is 13.0. The molecule has 0 aliphatic heterocycles. The van der Waals surface area contributed by atoms with Crippen LogP contribution in [0, 0.1) is 5.92 Å². The van der Waals surface area contributed by atoms with Crippen molar-refractivity contribution in [2.45, 2.75) is 32.9 Å². The number of carbonyl (C=O) groups is 2. The summed E-state index contributed by atoms with van der Waals surface area (Å²) in [6.45, 7) is 3.28. The van der Waals surface area contributed by atoms with Gasteiger partial charge in [0.15, 0.2) is 0 Å². The minimum absolute atomic E-state index is 0.210. The van der Waals surface area contributed by atoms with E-state index in [1.807, 2.05) is 6.92 Å². The number of aromatic nitrogens is 2. The van der Waals surface area contributed by atoms with Crippen molar-refractivity contribution in [3.05, 3.63) is 40.8 Å². The van der Waals surface area contributed by atoms with E-state index >= 15 is 0 Å². The summed E-state index contributed by atoms with van der Waals surface area (Å²) in [6, 6.07) is 5.97. The quantitative estimate of drug-likeness (QED) is 0.828. The number of hydrogen-bond acceptors (Lipinski definition) is 4. The Bertz CT molecular complexity index is 784. The first-order valence-corrected chi connectivity index (χ1v) is 7.41. The summed E-state index contributed by atoms with van der Waals surface area (Å²) in [7, 11) is 0. The molecule has 0 saturated carbocycles. The van der Waals surface area contributed by atoms with Gasteiger partial charge in [-0.25, -0.2) is 9.48 Å². The highest BCUT2D eigenvalue weighted by atomic mass is 16.4. The van der Waals surface area contributed by atoms with Crippen molar-refractivity contribution in [2.75, 3.05) is 0 Å². The van der Waals surface area contributed by atoms with Gasteiger partial charge < -0.3 is 10.4 Å². The van der Waals surface area contributed by atoms with E-state index in [-0.39, 0.29) is 18.0 Å². The SMILES string of the molecule is CC[C@@H](C)[C@H](NC(=O)Cn1ncc2ccccc2c1=O)C(=O)O. The zero-order valence-electron chi connectivity index (χ0n) is 13.0. The molecule has 2 aromatic rings. The van der Waals surface area contributed by atoms with Gasteiger partial charge in [-0.15, -0.1) is 0 Å². The molecule has 1 aromatic carbocycles. The van der Waals surface area contributed by atoms with E-state index in [1.165, 1.54) is 6.20 Å². The van der Waals surface area contributed by atoms with Gasteiger partial charge in [-0.1, -0.05) is 38.5 Å². The standard InChI is InChI=1S/C16H19N3O4/c1-3-10(2)14(16(22)23)18-13(20)9-19-15(21)12-7-5-4-6-11(12)8-17-19/h4-8,10,14H,3,9H2,1-2H3,(H,18,20)(H,22,23)/t10-,14+/m1/s1. The second-order valence-electron chi connectivity index (χ2n) is 5.46. The third-order valence-electron chi connectivity index (χ3n) is 3.85. The van der Waals surface area contributed by atoms with Gasteiger partial charge >= 0.3 is 5.97 Å². The molecule has 0 unspecified atom stereocenters. The second kappa shape index (κ2) is 7.04. The zero-order chi connectivity index (χ0) is 17.0. The number of hydrogen-bond donors (Lipinski definition) is 2. The van der Waals surface area contributed by atoms with Crippen LogP contribution in [0.2, 0.25) is 0 Å². The first-order chi connectivity index (χ1) is 10.9. The maximum Gasteiger partial charge on any atom is 0.326 e. The summed E-state index contributed by atoms with van der Waals surface area (Å²) in [6.07, 6.45) is 2.12. The molecular formula is C16H19N3O4. The van der Waals surface area contributed by atoms with E-state index in [4.69, 9.17) is 0 Å². The summed E-state index contributed by atoms with van der Waals surface area (Å²) in [5.41, 5.74) is -0.381. The van der Waals surface area contributed by atoms with Crippen molar-refractivity contribution in [3.8, 4) is 0 Å². The van der Waals surface area contributed by atoms with Gasteiger partial charge in [-0.05, 0) is 12.0 Å². The van der Waals surface area contributed by atoms with Gasteiger partial charge in [0.1, 0.15) is 12.6 Å². The van der Waals surface area contributed by atoms with E-state index in [0.717, 1.165) is 4.68 Å². The lowest BCUT2D eigenvalue weighted by Crippen LogP contribution is -2.47. The second-order valence-corrected chi connectivity index (χ2v) is 5.46. The molecule has 0 radical (unpaired) electrons. The van der Waals surface area contributed by atoms with Crippen LogP contribution >= 0.6 is 0 Å². The predicted octanol–water partition coefficient (Wildman–Crippen LogP) is 1.01. The first kappa shape index (κ1) is 16.7. The lowest BCUT2D eigenvalue weighted by atomic mass is 9.99. The van der Waals surface area contributed by atoms with Gasteiger partial charge in [0.25, 0.3) is 5.56 Å². The van der Waals surface area contributed by atoms with Gasteiger partial charge in [-0.3, -0.25) is 9.59 Å². The predicted molar refractivity (Wildman–Crippen MR) is 85.0 cm³/mol. The molecule has 0 aliphatic rings. The van der Waals surface area contributed by atoms with Crippen LogP contribution in [0.5, 0.6) is 0 Å². The number of benzene rings is 1. The van der Waals surface area contributed by atoms with Gasteiger partial charge in [0.05, 0.1) is 11.6 Å². The molecule has 122 valence electrons. The molecule has 0 bridgehead atoms. The van der Waals surface area contributed by atoms with Crippen molar-refractivity contribution >= 4 is 22.6 Å². The number of carboxylic acids is 1. The van der Waals surface area contributed by atoms with E-state index in [0.29, 0.717) is 17.2 Å². The molecule has 0 spiro atoms. The van der Waals surface area contributed by atoms with E-state index in [1.54, 1.807) is 31.2 Å². The number of fused-ring (bicyclic) bond motifs is 1. The van der Waals surface area contributed by atoms with Crippen molar-refractivity contribution in [1.82, 2.24) is 15.1 Å². The molecule has 0 aliphatic carbocycles. The molecule has 2 rings (SSSR count). The highest BCUT2D eigenvalue weighted by Crippen LogP contribution is 2.08. The van der Waals surface area contributed by atoms with Gasteiger partial charge in [-0.2, -0.15) is 5.10 Å². The number of nitrogens with one attached hydrogen (secondary N) is 1. The molecule has 0 saturated heterocycles. The molecule has 23 heavy (non-hydrogen) atoms. The topological polar surface area (TPSA) is 101 Å². The first-order valence-electron chi connectivity index (χ1n) is 7.41. The van der Waals surface area contributed by atoms with Crippen LogP contribution in [-0.4, -0.2) is 32.8 Å². The van der Waals surface area contributed by atoms with Crippen LogP contribution in [0.4, 0.5) is 0 Å². The van der Waals surface area contributed by atoms with Crippen LogP contribution in [0.25, 0.3) is 10.8 Å². The fraction of sp³-hybridized carbons (Fsp3) is 0.375. The van der Waals surface area contributed by atoms with Crippen LogP contribution in [0.1, 0.15) is 20.3 Å². The number of carbonyl (C=O) groups excluding carboxylic acids is 1. The van der Waals surface area contributed by atoms with Crippen LogP contribution < -0.4 is 10.9 Å². The lowest BCUT2D eigenvalue weighted by molar-refractivity contribution is -0.143. The summed E-state index contributed by atoms with van der Waals surface area (Å²) >= 11 is 0. The average molecular weight is 317 g/mol. The summed E-state index contributed by atoms with van der Waals surface area (Å²) in [5, 5.41) is 16.8. The van der Waals surface area contributed by atoms with Crippen LogP contribution in [0.15, 0.2) is 35.3 Å². The minimum atomic E-state index is -1.09. The smallest absolute Gasteiger partial charge is 0.326 e. The lowest BCUT2D eigenvalue weighted by Gasteiger charge is -2.20. The monoisotopic (exact) mass is 317 g/mol. The maximum absolute atomic E-state index is 12.3. The molecule has 7 nitrogen and oxygen atoms in total. The normalized spacial score (nSPS) is 13.5. The van der Waals surface area contributed by atoms with E-state index in [2.05, 4.69) is 10.4 Å². The molecule has 7 heteroatoms. The molecule has 1 aromatic heterocycles. The highest BCUT2D eigenvalue weighted by Gasteiger charge is 2.25. The Kier molecular flexibility index (Phi) is 5.10. The molecule has 1 amide bonds. The minimum Gasteiger partial charge on any atom is -0.480 e. The Morgan fingerprint density at radius 2 is 2.04 bits per heavy atom. The molecular weight excluding hydrogens is 298 g/mol. The number of amides is 1. The molecule has 2 N–H and O–H groups in total. The summed E-state index contributed by atoms with van der Waals surface area (Å²) < 4.78 is 1.03. The number of aliphatic carboxylic acids is 1. The Morgan fingerprint density at radius 1 is 1.35 bits per heavy atom. The largest absolute Gasteiger partial charge is 0.480 e. The van der Waals surface area contributed by atoms with Crippen molar-refractivity contribution in [2.24, 2.45) is 5.92 Å². The van der Waals surface area contributed by atoms with Crippen molar-refractivity contribution in [1.29, 1.82) is 0 Å². The Labute approximate surface area is 132 Å². The molecule has 0 fully saturated rings. The Hall–Kier alpha value is -2.70. The average Bonchev–Trinajstić information content (AvgIpc) is 2.54. The van der Waals surface area contributed by atoms with Crippen LogP contribution in [0.3, 0.4) is 0 Å². The Morgan fingerprint density at radius 3 is 2.70 bits per heavy atom. The van der Waals surface area contributed by atoms with E-state index in [9.17, 15) is 19.5 Å². The Balaban J connectivity index is 2.19. The number of carboxylic acid groups (broad SMARTS) is 1. The fourth-order valence-electron chi connectivity index (χ4n) is 2.28. The third kappa shape index (κ3) is 3.74. The van der Waals surface area contributed by atoms with Crippen molar-refractivity contribution < 1.29 is 14.7 Å². The highest BCUT2D eigenvalue weighted by molar-refractivity contribution is 5.84. The van der Waals surface area contributed by atoms with E-state index < -0.39 is 17.9 Å². The van der Waals surface area contributed by atoms with Crippen molar-refractivity contribution in [3.63, 3.8) is 0 Å². The van der Waals surface area contributed by atoms with Gasteiger partial charge in [0, 0.05) is 5.39 Å². The molecule has 2 atom stereocenters. The summed E-state index contributed by atoms with van der Waals surface area (Å²) in [5.74, 6) is -1.85. The number of nitrogens with zero attached hydrogens (tertiary/aromatic N) is 2. The molecule has 1 heterocycles. The van der Waals surface area contributed by atoms with Crippen LogP contribution in [-0.2, 0) is 16.1 Å². The fourth-order valence-corrected chi connectivity index (χ4v) is 2.28. The maximum atomic E-state index is 12.3. The third-order valence-corrected chi connectivity index (χ3v) is 3.85.